The Morgan fingerprint density at radius 1 is 1.11 bits per heavy atom. The third-order valence-electron chi connectivity index (χ3n) is 2.51. The number of aromatic nitrogens is 5. The first-order chi connectivity index (χ1) is 8.62. The molecule has 7 heteroatoms. The van der Waals surface area contributed by atoms with Crippen LogP contribution in [0.4, 0.5) is 0 Å². The van der Waals surface area contributed by atoms with Gasteiger partial charge in [-0.15, -0.1) is 4.98 Å². The molecule has 0 N–H and O–H groups in total. The van der Waals surface area contributed by atoms with E-state index >= 15 is 0 Å². The fourth-order valence-corrected chi connectivity index (χ4v) is 1.52. The van der Waals surface area contributed by atoms with Crippen molar-refractivity contribution in [2.24, 2.45) is 7.05 Å². The predicted molar refractivity (Wildman–Crippen MR) is 63.7 cm³/mol. The van der Waals surface area contributed by atoms with Gasteiger partial charge >= 0.3 is 12.0 Å². The molecule has 0 aromatic carbocycles. The van der Waals surface area contributed by atoms with Gasteiger partial charge in [-0.3, -0.25) is 4.68 Å². The Morgan fingerprint density at radius 2 is 1.72 bits per heavy atom. The molecular formula is C11H15N5O2. The van der Waals surface area contributed by atoms with Crippen molar-refractivity contribution in [3.63, 3.8) is 0 Å². The summed E-state index contributed by atoms with van der Waals surface area (Å²) in [6.07, 6.45) is 0.511. The summed E-state index contributed by atoms with van der Waals surface area (Å²) >= 11 is 0. The Kier molecular flexibility index (Phi) is 3.40. The van der Waals surface area contributed by atoms with Crippen molar-refractivity contribution >= 4 is 0 Å². The predicted octanol–water partition coefficient (Wildman–Crippen LogP) is 0.522. The second-order valence-electron chi connectivity index (χ2n) is 3.80. The Hall–Kier alpha value is -2.18. The minimum atomic E-state index is 0.240. The van der Waals surface area contributed by atoms with Gasteiger partial charge in [0, 0.05) is 12.7 Å². The maximum absolute atomic E-state index is 5.00. The summed E-state index contributed by atoms with van der Waals surface area (Å²) < 4.78 is 11.8. The number of hydrogen-bond donors (Lipinski definition) is 0. The number of aryl methyl sites for hydroxylation is 2. The maximum atomic E-state index is 5.00. The lowest BCUT2D eigenvalue weighted by Gasteiger charge is -2.03. The summed E-state index contributed by atoms with van der Waals surface area (Å²) in [5.41, 5.74) is 1.98. The lowest BCUT2D eigenvalue weighted by molar-refractivity contribution is 0.337. The standard InChI is InChI=1S/C11H15N5O2/c1-7-5-8(15-16(7)2)6-9-12-10(17-3)14-11(13-9)18-4/h5H,6H2,1-4H3. The highest BCUT2D eigenvalue weighted by molar-refractivity contribution is 5.15. The normalized spacial score (nSPS) is 10.4. The third kappa shape index (κ3) is 2.55. The Morgan fingerprint density at radius 3 is 2.17 bits per heavy atom. The zero-order valence-corrected chi connectivity index (χ0v) is 10.8. The largest absolute Gasteiger partial charge is 0.467 e. The Bertz CT molecular complexity index is 511. The zero-order valence-electron chi connectivity index (χ0n) is 10.8. The van der Waals surface area contributed by atoms with E-state index in [0.717, 1.165) is 11.4 Å². The van der Waals surface area contributed by atoms with Gasteiger partial charge in [0.25, 0.3) is 0 Å². The van der Waals surface area contributed by atoms with Crippen molar-refractivity contribution in [1.82, 2.24) is 24.7 Å². The molecule has 2 aromatic rings. The van der Waals surface area contributed by atoms with Crippen LogP contribution in [-0.4, -0.2) is 39.0 Å². The fraction of sp³-hybridized carbons (Fsp3) is 0.455. The van der Waals surface area contributed by atoms with Gasteiger partial charge in [0.1, 0.15) is 5.82 Å². The smallest absolute Gasteiger partial charge is 0.322 e. The van der Waals surface area contributed by atoms with Crippen molar-refractivity contribution < 1.29 is 9.47 Å². The molecule has 0 aliphatic rings. The summed E-state index contributed by atoms with van der Waals surface area (Å²) in [5, 5.41) is 4.35. The zero-order chi connectivity index (χ0) is 13.1. The minimum Gasteiger partial charge on any atom is -0.467 e. The molecule has 2 rings (SSSR count). The van der Waals surface area contributed by atoms with Crippen LogP contribution in [0.1, 0.15) is 17.2 Å². The van der Waals surface area contributed by atoms with Gasteiger partial charge in [0.15, 0.2) is 0 Å². The first kappa shape index (κ1) is 12.3. The van der Waals surface area contributed by atoms with Gasteiger partial charge < -0.3 is 9.47 Å². The second-order valence-corrected chi connectivity index (χ2v) is 3.80. The van der Waals surface area contributed by atoms with Crippen molar-refractivity contribution in [2.75, 3.05) is 14.2 Å². The van der Waals surface area contributed by atoms with E-state index in [0.29, 0.717) is 12.2 Å². The van der Waals surface area contributed by atoms with Crippen molar-refractivity contribution in [3.8, 4) is 12.0 Å². The van der Waals surface area contributed by atoms with Crippen LogP contribution in [-0.2, 0) is 13.5 Å². The van der Waals surface area contributed by atoms with Crippen LogP contribution in [0.5, 0.6) is 12.0 Å². The summed E-state index contributed by atoms with van der Waals surface area (Å²) in [5.74, 6) is 0.566. The van der Waals surface area contributed by atoms with Crippen molar-refractivity contribution in [3.05, 3.63) is 23.3 Å². The second kappa shape index (κ2) is 4.99. The minimum absolute atomic E-state index is 0.240. The average molecular weight is 249 g/mol. The summed E-state index contributed by atoms with van der Waals surface area (Å²) in [6, 6.07) is 2.47. The number of nitrogens with zero attached hydrogens (tertiary/aromatic N) is 5. The van der Waals surface area contributed by atoms with Crippen LogP contribution in [0.3, 0.4) is 0 Å². The number of rotatable bonds is 4. The number of ether oxygens (including phenoxy) is 2. The highest BCUT2D eigenvalue weighted by Crippen LogP contribution is 2.12. The molecule has 96 valence electrons. The molecule has 0 fully saturated rings. The molecule has 0 unspecified atom stereocenters. The molecule has 0 radical (unpaired) electrons. The Labute approximate surface area is 105 Å². The van der Waals surface area contributed by atoms with E-state index < -0.39 is 0 Å². The van der Waals surface area contributed by atoms with E-state index in [1.807, 2.05) is 24.7 Å². The van der Waals surface area contributed by atoms with E-state index in [2.05, 4.69) is 20.1 Å². The van der Waals surface area contributed by atoms with Crippen molar-refractivity contribution in [1.29, 1.82) is 0 Å². The van der Waals surface area contributed by atoms with Crippen LogP contribution in [0.15, 0.2) is 6.07 Å². The van der Waals surface area contributed by atoms with E-state index in [9.17, 15) is 0 Å². The lowest BCUT2D eigenvalue weighted by atomic mass is 10.3. The molecule has 0 atom stereocenters. The number of hydrogen-bond acceptors (Lipinski definition) is 6. The van der Waals surface area contributed by atoms with E-state index in [1.54, 1.807) is 0 Å². The van der Waals surface area contributed by atoms with Gasteiger partial charge in [-0.25, -0.2) is 0 Å². The SMILES string of the molecule is COc1nc(Cc2cc(C)n(C)n2)nc(OC)n1. The molecule has 2 aromatic heterocycles. The molecule has 0 saturated heterocycles. The molecule has 0 spiro atoms. The molecule has 0 aliphatic heterocycles. The summed E-state index contributed by atoms with van der Waals surface area (Å²) in [6.45, 7) is 1.99. The first-order valence-corrected chi connectivity index (χ1v) is 5.45. The quantitative estimate of drug-likeness (QED) is 0.786. The van der Waals surface area contributed by atoms with Gasteiger partial charge in [0.2, 0.25) is 0 Å². The molecule has 0 aliphatic carbocycles. The maximum Gasteiger partial charge on any atom is 0.322 e. The van der Waals surface area contributed by atoms with Gasteiger partial charge in [-0.05, 0) is 13.0 Å². The van der Waals surface area contributed by atoms with Crippen LogP contribution in [0, 0.1) is 6.92 Å². The van der Waals surface area contributed by atoms with E-state index in [4.69, 9.17) is 9.47 Å². The van der Waals surface area contributed by atoms with Crippen LogP contribution in [0.2, 0.25) is 0 Å². The summed E-state index contributed by atoms with van der Waals surface area (Å²) in [4.78, 5) is 12.3. The topological polar surface area (TPSA) is 75.0 Å². The molecule has 0 amide bonds. The van der Waals surface area contributed by atoms with Crippen molar-refractivity contribution in [2.45, 2.75) is 13.3 Å². The molecule has 0 bridgehead atoms. The highest BCUT2D eigenvalue weighted by Gasteiger charge is 2.10. The first-order valence-electron chi connectivity index (χ1n) is 5.45. The number of methoxy groups -OCH3 is 2. The summed E-state index contributed by atoms with van der Waals surface area (Å²) in [7, 11) is 4.90. The lowest BCUT2D eigenvalue weighted by Crippen LogP contribution is -2.05. The molecular weight excluding hydrogens is 234 g/mol. The monoisotopic (exact) mass is 249 g/mol. The van der Waals surface area contributed by atoms with E-state index in [1.165, 1.54) is 14.2 Å². The van der Waals surface area contributed by atoms with Gasteiger partial charge in [-0.1, -0.05) is 0 Å². The Balaban J connectivity index is 2.27. The highest BCUT2D eigenvalue weighted by atomic mass is 16.5. The van der Waals surface area contributed by atoms with Crippen LogP contribution in [0.25, 0.3) is 0 Å². The van der Waals surface area contributed by atoms with Crippen LogP contribution < -0.4 is 9.47 Å². The van der Waals surface area contributed by atoms with E-state index in [-0.39, 0.29) is 12.0 Å². The fourth-order valence-electron chi connectivity index (χ4n) is 1.52. The van der Waals surface area contributed by atoms with Gasteiger partial charge in [0.05, 0.1) is 26.3 Å². The molecule has 7 nitrogen and oxygen atoms in total. The molecule has 18 heavy (non-hydrogen) atoms. The van der Waals surface area contributed by atoms with Gasteiger partial charge in [-0.2, -0.15) is 15.1 Å². The average Bonchev–Trinajstić information content (AvgIpc) is 2.67. The third-order valence-corrected chi connectivity index (χ3v) is 2.51. The van der Waals surface area contributed by atoms with Crippen LogP contribution >= 0.6 is 0 Å². The molecule has 0 saturated carbocycles. The molecule has 2 heterocycles.